The highest BCUT2D eigenvalue weighted by molar-refractivity contribution is 5.04. The van der Waals surface area contributed by atoms with Crippen LogP contribution in [0, 0.1) is 5.92 Å². The van der Waals surface area contributed by atoms with Gasteiger partial charge in [-0.1, -0.05) is 0 Å². The zero-order valence-electron chi connectivity index (χ0n) is 9.41. The molecule has 84 valence electrons. The van der Waals surface area contributed by atoms with E-state index in [4.69, 9.17) is 4.42 Å². The Labute approximate surface area is 91.4 Å². The molecule has 1 aromatic rings. The van der Waals surface area contributed by atoms with Crippen LogP contribution in [-0.4, -0.2) is 31.6 Å². The van der Waals surface area contributed by atoms with Crippen molar-refractivity contribution in [1.82, 2.24) is 10.2 Å². The maximum atomic E-state index is 5.00. The second kappa shape index (κ2) is 5.33. The maximum Gasteiger partial charge on any atom is 0.0947 e. The molecule has 1 saturated carbocycles. The SMILES string of the molecule is CN(CCNCc1ccoc1)CC1CC1. The van der Waals surface area contributed by atoms with Gasteiger partial charge in [0, 0.05) is 31.7 Å². The first-order valence-electron chi connectivity index (χ1n) is 5.75. The molecule has 0 amide bonds. The lowest BCUT2D eigenvalue weighted by Gasteiger charge is -2.16. The molecule has 1 N–H and O–H groups in total. The Kier molecular flexibility index (Phi) is 3.80. The normalized spacial score (nSPS) is 16.1. The average molecular weight is 208 g/mol. The fourth-order valence-corrected chi connectivity index (χ4v) is 1.73. The number of likely N-dealkylation sites (N-methyl/N-ethyl adjacent to an activating group) is 1. The minimum absolute atomic E-state index is 0.910. The number of hydrogen-bond donors (Lipinski definition) is 1. The molecule has 1 fully saturated rings. The standard InChI is InChI=1S/C12H20N2O/c1-14(9-11-2-3-11)6-5-13-8-12-4-7-15-10-12/h4,7,10-11,13H,2-3,5-6,8-9H2,1H3. The highest BCUT2D eigenvalue weighted by atomic mass is 16.3. The van der Waals surface area contributed by atoms with Gasteiger partial charge < -0.3 is 14.6 Å². The van der Waals surface area contributed by atoms with E-state index < -0.39 is 0 Å². The zero-order valence-corrected chi connectivity index (χ0v) is 9.41. The van der Waals surface area contributed by atoms with Crippen LogP contribution in [-0.2, 0) is 6.54 Å². The van der Waals surface area contributed by atoms with Gasteiger partial charge in [-0.2, -0.15) is 0 Å². The molecule has 1 aliphatic rings. The molecule has 15 heavy (non-hydrogen) atoms. The molecule has 1 aromatic heterocycles. The third kappa shape index (κ3) is 4.06. The quantitative estimate of drug-likeness (QED) is 0.691. The first kappa shape index (κ1) is 10.7. The van der Waals surface area contributed by atoms with Gasteiger partial charge in [-0.3, -0.25) is 0 Å². The number of rotatable bonds is 7. The second-order valence-electron chi connectivity index (χ2n) is 4.51. The summed E-state index contributed by atoms with van der Waals surface area (Å²) in [5, 5.41) is 3.41. The highest BCUT2D eigenvalue weighted by Gasteiger charge is 2.22. The number of nitrogens with zero attached hydrogens (tertiary/aromatic N) is 1. The highest BCUT2D eigenvalue weighted by Crippen LogP contribution is 2.29. The van der Waals surface area contributed by atoms with Gasteiger partial charge in [0.25, 0.3) is 0 Å². The summed E-state index contributed by atoms with van der Waals surface area (Å²) >= 11 is 0. The molecule has 1 aliphatic carbocycles. The van der Waals surface area contributed by atoms with Crippen molar-refractivity contribution in [3.63, 3.8) is 0 Å². The van der Waals surface area contributed by atoms with Crippen molar-refractivity contribution in [2.24, 2.45) is 5.92 Å². The summed E-state index contributed by atoms with van der Waals surface area (Å²) in [6.07, 6.45) is 6.39. The predicted molar refractivity (Wildman–Crippen MR) is 60.6 cm³/mol. The van der Waals surface area contributed by atoms with Crippen LogP contribution in [0.5, 0.6) is 0 Å². The third-order valence-corrected chi connectivity index (χ3v) is 2.85. The largest absolute Gasteiger partial charge is 0.472 e. The maximum absolute atomic E-state index is 5.00. The van der Waals surface area contributed by atoms with Crippen molar-refractivity contribution in [3.05, 3.63) is 24.2 Å². The minimum atomic E-state index is 0.910. The topological polar surface area (TPSA) is 28.4 Å². The fourth-order valence-electron chi connectivity index (χ4n) is 1.73. The van der Waals surface area contributed by atoms with Gasteiger partial charge in [-0.05, 0) is 31.9 Å². The Morgan fingerprint density at radius 3 is 3.07 bits per heavy atom. The smallest absolute Gasteiger partial charge is 0.0947 e. The summed E-state index contributed by atoms with van der Waals surface area (Å²) < 4.78 is 5.00. The molecule has 0 unspecified atom stereocenters. The Balaban J connectivity index is 1.50. The van der Waals surface area contributed by atoms with Gasteiger partial charge in [0.05, 0.1) is 12.5 Å². The lowest BCUT2D eigenvalue weighted by molar-refractivity contribution is 0.318. The molecule has 3 heteroatoms. The van der Waals surface area contributed by atoms with Gasteiger partial charge in [0.15, 0.2) is 0 Å². The Morgan fingerprint density at radius 1 is 1.53 bits per heavy atom. The van der Waals surface area contributed by atoms with Crippen LogP contribution in [0.2, 0.25) is 0 Å². The number of hydrogen-bond acceptors (Lipinski definition) is 3. The second-order valence-corrected chi connectivity index (χ2v) is 4.51. The Morgan fingerprint density at radius 2 is 2.40 bits per heavy atom. The number of furan rings is 1. The van der Waals surface area contributed by atoms with Crippen molar-refractivity contribution in [1.29, 1.82) is 0 Å². The van der Waals surface area contributed by atoms with E-state index in [1.54, 1.807) is 12.5 Å². The van der Waals surface area contributed by atoms with E-state index in [0.29, 0.717) is 0 Å². The van der Waals surface area contributed by atoms with E-state index in [1.807, 2.05) is 6.07 Å². The molecular formula is C12H20N2O. The molecule has 2 rings (SSSR count). The van der Waals surface area contributed by atoms with Gasteiger partial charge in [-0.15, -0.1) is 0 Å². The summed E-state index contributed by atoms with van der Waals surface area (Å²) in [6, 6.07) is 2.00. The van der Waals surface area contributed by atoms with Crippen molar-refractivity contribution in [3.8, 4) is 0 Å². The third-order valence-electron chi connectivity index (χ3n) is 2.85. The van der Waals surface area contributed by atoms with E-state index in [1.165, 1.54) is 24.9 Å². The fraction of sp³-hybridized carbons (Fsp3) is 0.667. The van der Waals surface area contributed by atoms with Gasteiger partial charge in [0.2, 0.25) is 0 Å². The monoisotopic (exact) mass is 208 g/mol. The van der Waals surface area contributed by atoms with Crippen LogP contribution in [0.15, 0.2) is 23.0 Å². The van der Waals surface area contributed by atoms with Crippen LogP contribution in [0.1, 0.15) is 18.4 Å². The first-order chi connectivity index (χ1) is 7.34. The molecule has 0 bridgehead atoms. The Bertz CT molecular complexity index is 267. The molecule has 0 atom stereocenters. The predicted octanol–water partition coefficient (Wildman–Crippen LogP) is 1.71. The van der Waals surface area contributed by atoms with Crippen LogP contribution in [0.25, 0.3) is 0 Å². The Hall–Kier alpha value is -0.800. The lowest BCUT2D eigenvalue weighted by Crippen LogP contribution is -2.30. The first-order valence-corrected chi connectivity index (χ1v) is 5.75. The lowest BCUT2D eigenvalue weighted by atomic mass is 10.3. The summed E-state index contributed by atoms with van der Waals surface area (Å²) in [5.41, 5.74) is 1.22. The van der Waals surface area contributed by atoms with Crippen molar-refractivity contribution >= 4 is 0 Å². The van der Waals surface area contributed by atoms with Crippen molar-refractivity contribution in [2.45, 2.75) is 19.4 Å². The molecule has 0 saturated heterocycles. The summed E-state index contributed by atoms with van der Waals surface area (Å²) in [4.78, 5) is 2.42. The van der Waals surface area contributed by atoms with E-state index in [2.05, 4.69) is 17.3 Å². The zero-order chi connectivity index (χ0) is 10.5. The average Bonchev–Trinajstić information content (AvgIpc) is 2.87. The van der Waals surface area contributed by atoms with Gasteiger partial charge >= 0.3 is 0 Å². The van der Waals surface area contributed by atoms with Crippen LogP contribution in [0.3, 0.4) is 0 Å². The molecule has 0 radical (unpaired) electrons. The van der Waals surface area contributed by atoms with Crippen LogP contribution < -0.4 is 5.32 Å². The molecule has 3 nitrogen and oxygen atoms in total. The van der Waals surface area contributed by atoms with Crippen LogP contribution in [0.4, 0.5) is 0 Å². The van der Waals surface area contributed by atoms with Crippen LogP contribution >= 0.6 is 0 Å². The molecule has 0 spiro atoms. The summed E-state index contributed by atoms with van der Waals surface area (Å²) in [7, 11) is 2.21. The minimum Gasteiger partial charge on any atom is -0.472 e. The summed E-state index contributed by atoms with van der Waals surface area (Å²) in [5.74, 6) is 0.990. The van der Waals surface area contributed by atoms with E-state index in [9.17, 15) is 0 Å². The van der Waals surface area contributed by atoms with E-state index in [-0.39, 0.29) is 0 Å². The van der Waals surface area contributed by atoms with E-state index in [0.717, 1.165) is 25.6 Å². The van der Waals surface area contributed by atoms with Crippen molar-refractivity contribution < 1.29 is 4.42 Å². The van der Waals surface area contributed by atoms with Gasteiger partial charge in [-0.25, -0.2) is 0 Å². The van der Waals surface area contributed by atoms with Gasteiger partial charge in [0.1, 0.15) is 0 Å². The molecule has 0 aliphatic heterocycles. The summed E-state index contributed by atoms with van der Waals surface area (Å²) in [6.45, 7) is 4.36. The molecule has 1 heterocycles. The molecule has 0 aromatic carbocycles. The van der Waals surface area contributed by atoms with Crippen molar-refractivity contribution in [2.75, 3.05) is 26.7 Å². The van der Waals surface area contributed by atoms with E-state index >= 15 is 0 Å². The number of nitrogens with one attached hydrogen (secondary N) is 1. The molecular weight excluding hydrogens is 188 g/mol.